The zero-order valence-electron chi connectivity index (χ0n) is 16.2. The number of urea groups is 1. The molecule has 2 aromatic carbocycles. The van der Waals surface area contributed by atoms with Crippen molar-refractivity contribution in [3.8, 4) is 0 Å². The number of fused-ring (bicyclic) bond motifs is 2. The van der Waals surface area contributed by atoms with Gasteiger partial charge in [0, 0.05) is 29.9 Å². The second-order valence-electron chi connectivity index (χ2n) is 7.92. The number of benzene rings is 2. The van der Waals surface area contributed by atoms with E-state index in [1.807, 2.05) is 23.1 Å². The monoisotopic (exact) mass is 379 g/mol. The van der Waals surface area contributed by atoms with Crippen molar-refractivity contribution in [3.05, 3.63) is 72.1 Å². The molecule has 5 heteroatoms. The van der Waals surface area contributed by atoms with Gasteiger partial charge in [-0.3, -0.25) is 9.80 Å². The van der Waals surface area contributed by atoms with Gasteiger partial charge in [0.1, 0.15) is 5.82 Å². The predicted molar refractivity (Wildman–Crippen MR) is 111 cm³/mol. The molecule has 0 radical (unpaired) electrons. The molecule has 0 bridgehead atoms. The second kappa shape index (κ2) is 7.40. The Balaban J connectivity index is 1.60. The van der Waals surface area contributed by atoms with Crippen LogP contribution in [0, 0.1) is 12.7 Å². The molecule has 4 rings (SSSR count). The van der Waals surface area contributed by atoms with Crippen LogP contribution in [-0.2, 0) is 5.41 Å². The number of nitrogens with zero attached hydrogens (tertiary/aromatic N) is 2. The minimum absolute atomic E-state index is 0.0156. The highest BCUT2D eigenvalue weighted by Gasteiger charge is 2.46. The molecule has 4 nitrogen and oxygen atoms in total. The third-order valence-corrected chi connectivity index (χ3v) is 6.00. The summed E-state index contributed by atoms with van der Waals surface area (Å²) in [5, 5.41) is 2.85. The number of piperidine rings is 1. The largest absolute Gasteiger partial charge is 0.326 e. The van der Waals surface area contributed by atoms with E-state index in [9.17, 15) is 9.18 Å². The minimum Gasteiger partial charge on any atom is -0.307 e. The van der Waals surface area contributed by atoms with Crippen LogP contribution in [0.15, 0.2) is 55.1 Å². The Labute approximate surface area is 165 Å². The van der Waals surface area contributed by atoms with E-state index in [0.29, 0.717) is 12.2 Å². The van der Waals surface area contributed by atoms with E-state index in [0.717, 1.165) is 38.2 Å². The molecule has 0 aromatic heterocycles. The SMILES string of the molecule is C=CCN1CCC2(CC1)CN(C(=O)Nc1cccc(F)c1)c1ccc(C)cc12. The number of anilines is 2. The Kier molecular flexibility index (Phi) is 4.94. The van der Waals surface area contributed by atoms with E-state index in [4.69, 9.17) is 0 Å². The van der Waals surface area contributed by atoms with Crippen LogP contribution in [-0.4, -0.2) is 37.1 Å². The fourth-order valence-corrected chi connectivity index (χ4v) is 4.50. The smallest absolute Gasteiger partial charge is 0.307 e. The summed E-state index contributed by atoms with van der Waals surface area (Å²) in [5.74, 6) is -0.360. The van der Waals surface area contributed by atoms with Crippen molar-refractivity contribution in [1.82, 2.24) is 4.90 Å². The summed E-state index contributed by atoms with van der Waals surface area (Å²) < 4.78 is 13.5. The van der Waals surface area contributed by atoms with E-state index in [2.05, 4.69) is 29.8 Å². The zero-order valence-corrected chi connectivity index (χ0v) is 16.2. The Morgan fingerprint density at radius 3 is 2.75 bits per heavy atom. The number of nitrogens with one attached hydrogen (secondary N) is 1. The van der Waals surface area contributed by atoms with Gasteiger partial charge >= 0.3 is 6.03 Å². The number of hydrogen-bond donors (Lipinski definition) is 1. The summed E-state index contributed by atoms with van der Waals surface area (Å²) in [6, 6.07) is 12.1. The molecule has 2 amide bonds. The number of carbonyl (C=O) groups excluding carboxylic acids is 1. The fraction of sp³-hybridized carbons (Fsp3) is 0.348. The summed E-state index contributed by atoms with van der Waals surface area (Å²) in [6.07, 6.45) is 3.98. The van der Waals surface area contributed by atoms with Gasteiger partial charge in [-0.1, -0.05) is 29.8 Å². The van der Waals surface area contributed by atoms with Crippen molar-refractivity contribution in [2.75, 3.05) is 36.4 Å². The average Bonchev–Trinajstić information content (AvgIpc) is 2.98. The zero-order chi connectivity index (χ0) is 19.7. The normalized spacial score (nSPS) is 18.1. The van der Waals surface area contributed by atoms with Crippen LogP contribution in [0.2, 0.25) is 0 Å². The van der Waals surface area contributed by atoms with Crippen molar-refractivity contribution in [1.29, 1.82) is 0 Å². The lowest BCUT2D eigenvalue weighted by Gasteiger charge is -2.39. The van der Waals surface area contributed by atoms with Crippen LogP contribution in [0.25, 0.3) is 0 Å². The molecule has 2 aliphatic heterocycles. The van der Waals surface area contributed by atoms with Crippen LogP contribution in [0.4, 0.5) is 20.6 Å². The number of hydrogen-bond acceptors (Lipinski definition) is 2. The Morgan fingerprint density at radius 2 is 2.04 bits per heavy atom. The van der Waals surface area contributed by atoms with Crippen molar-refractivity contribution in [3.63, 3.8) is 0 Å². The molecular formula is C23H26FN3O. The van der Waals surface area contributed by atoms with Gasteiger partial charge in [0.15, 0.2) is 0 Å². The Bertz CT molecular complexity index is 902. The summed E-state index contributed by atoms with van der Waals surface area (Å²) in [4.78, 5) is 17.3. The molecule has 0 aliphatic carbocycles. The lowest BCUT2D eigenvalue weighted by molar-refractivity contribution is 0.180. The molecule has 0 saturated carbocycles. The molecule has 0 unspecified atom stereocenters. The van der Waals surface area contributed by atoms with E-state index >= 15 is 0 Å². The first kappa shape index (κ1) is 18.7. The van der Waals surface area contributed by atoms with E-state index in [-0.39, 0.29) is 17.3 Å². The highest BCUT2D eigenvalue weighted by molar-refractivity contribution is 6.03. The lowest BCUT2D eigenvalue weighted by atomic mass is 9.74. The maximum Gasteiger partial charge on any atom is 0.326 e. The van der Waals surface area contributed by atoms with Crippen molar-refractivity contribution < 1.29 is 9.18 Å². The molecule has 146 valence electrons. The second-order valence-corrected chi connectivity index (χ2v) is 7.92. The molecule has 1 N–H and O–H groups in total. The molecule has 2 heterocycles. The van der Waals surface area contributed by atoms with Crippen LogP contribution in [0.3, 0.4) is 0 Å². The third-order valence-electron chi connectivity index (χ3n) is 6.00. The molecule has 1 saturated heterocycles. The summed E-state index contributed by atoms with van der Waals surface area (Å²) in [6.45, 7) is 9.50. The van der Waals surface area contributed by atoms with Crippen molar-refractivity contribution in [2.24, 2.45) is 0 Å². The maximum atomic E-state index is 13.5. The topological polar surface area (TPSA) is 35.6 Å². The van der Waals surface area contributed by atoms with E-state index in [1.165, 1.54) is 23.3 Å². The van der Waals surface area contributed by atoms with E-state index in [1.54, 1.807) is 12.1 Å². The standard InChI is InChI=1S/C23H26FN3O/c1-3-11-26-12-9-23(10-13-26)16-27(21-8-7-17(2)14-20(21)23)22(28)25-19-6-4-5-18(24)15-19/h3-8,14-15H,1,9-13,16H2,2H3,(H,25,28). The first-order valence-electron chi connectivity index (χ1n) is 9.79. The van der Waals surface area contributed by atoms with Gasteiger partial charge in [-0.05, 0) is 62.7 Å². The first-order valence-corrected chi connectivity index (χ1v) is 9.79. The number of likely N-dealkylation sites (tertiary alicyclic amines) is 1. The number of amides is 2. The Hall–Kier alpha value is -2.66. The van der Waals surface area contributed by atoms with Gasteiger partial charge in [-0.15, -0.1) is 6.58 Å². The third kappa shape index (κ3) is 3.42. The van der Waals surface area contributed by atoms with Gasteiger partial charge in [0.25, 0.3) is 0 Å². The number of halogens is 1. The van der Waals surface area contributed by atoms with Gasteiger partial charge in [-0.25, -0.2) is 9.18 Å². The molecule has 1 spiro atoms. The first-order chi connectivity index (χ1) is 13.5. The van der Waals surface area contributed by atoms with Crippen LogP contribution in [0.1, 0.15) is 24.0 Å². The molecule has 28 heavy (non-hydrogen) atoms. The molecule has 2 aliphatic rings. The van der Waals surface area contributed by atoms with Gasteiger partial charge < -0.3 is 5.32 Å². The lowest BCUT2D eigenvalue weighted by Crippen LogP contribution is -2.46. The van der Waals surface area contributed by atoms with Gasteiger partial charge in [0.05, 0.1) is 0 Å². The quantitative estimate of drug-likeness (QED) is 0.784. The summed E-state index contributed by atoms with van der Waals surface area (Å²) in [5.41, 5.74) is 3.90. The molecule has 2 aromatic rings. The number of rotatable bonds is 3. The Morgan fingerprint density at radius 1 is 1.25 bits per heavy atom. The van der Waals surface area contributed by atoms with Gasteiger partial charge in [-0.2, -0.15) is 0 Å². The molecule has 0 atom stereocenters. The number of aryl methyl sites for hydroxylation is 1. The van der Waals surface area contributed by atoms with Crippen LogP contribution >= 0.6 is 0 Å². The highest BCUT2D eigenvalue weighted by atomic mass is 19.1. The van der Waals surface area contributed by atoms with Crippen LogP contribution in [0.5, 0.6) is 0 Å². The van der Waals surface area contributed by atoms with Crippen molar-refractivity contribution >= 4 is 17.4 Å². The summed E-state index contributed by atoms with van der Waals surface area (Å²) >= 11 is 0. The maximum absolute atomic E-state index is 13.5. The van der Waals surface area contributed by atoms with E-state index < -0.39 is 0 Å². The average molecular weight is 379 g/mol. The molecule has 1 fully saturated rings. The van der Waals surface area contributed by atoms with Crippen LogP contribution < -0.4 is 10.2 Å². The van der Waals surface area contributed by atoms with Gasteiger partial charge in [0.2, 0.25) is 0 Å². The molecular weight excluding hydrogens is 353 g/mol. The fourth-order valence-electron chi connectivity index (χ4n) is 4.50. The predicted octanol–water partition coefficient (Wildman–Crippen LogP) is 4.71. The highest BCUT2D eigenvalue weighted by Crippen LogP contribution is 2.47. The number of carbonyl (C=O) groups is 1. The minimum atomic E-state index is -0.360. The summed E-state index contributed by atoms with van der Waals surface area (Å²) in [7, 11) is 0. The van der Waals surface area contributed by atoms with Crippen molar-refractivity contribution in [2.45, 2.75) is 25.2 Å².